The highest BCUT2D eigenvalue weighted by Gasteiger charge is 2.40. The van der Waals surface area contributed by atoms with Crippen LogP contribution in [0, 0.1) is 30.1 Å². The Morgan fingerprint density at radius 3 is 2.70 bits per heavy atom. The lowest BCUT2D eigenvalue weighted by atomic mass is 9.75. The summed E-state index contributed by atoms with van der Waals surface area (Å²) in [5, 5.41) is 0. The number of rotatable bonds is 4. The zero-order valence-electron chi connectivity index (χ0n) is 16.0. The summed E-state index contributed by atoms with van der Waals surface area (Å²) in [6.07, 6.45) is 8.23. The number of carbonyl (C=O) groups excluding carboxylic acids is 3. The van der Waals surface area contributed by atoms with Crippen molar-refractivity contribution in [1.29, 1.82) is 0 Å². The number of benzene rings is 1. The lowest BCUT2D eigenvalue weighted by molar-refractivity contribution is -0.156. The predicted molar refractivity (Wildman–Crippen MR) is 101 cm³/mol. The van der Waals surface area contributed by atoms with Gasteiger partial charge in [-0.3, -0.25) is 19.3 Å². The number of fused-ring (bicyclic) bond motifs is 1. The molecule has 5 nitrogen and oxygen atoms in total. The Bertz CT molecular complexity index is 820. The number of hydrogen-bond donors (Lipinski definition) is 0. The first-order valence-corrected chi connectivity index (χ1v) is 9.48. The Hall–Kier alpha value is -2.61. The van der Waals surface area contributed by atoms with E-state index in [1.807, 2.05) is 0 Å². The molecule has 0 N–H and O–H groups in total. The van der Waals surface area contributed by atoms with Gasteiger partial charge in [-0.05, 0) is 42.7 Å². The summed E-state index contributed by atoms with van der Waals surface area (Å²) in [5.74, 6) is 2.06. The van der Waals surface area contributed by atoms with Crippen LogP contribution in [0.2, 0.25) is 0 Å². The van der Waals surface area contributed by atoms with Gasteiger partial charge in [0.15, 0.2) is 0 Å². The van der Waals surface area contributed by atoms with Crippen molar-refractivity contribution < 1.29 is 19.1 Å². The number of nitrogens with zero attached hydrogens (tertiary/aromatic N) is 1. The minimum absolute atomic E-state index is 0.169. The predicted octanol–water partition coefficient (Wildman–Crippen LogP) is 3.27. The highest BCUT2D eigenvalue weighted by atomic mass is 16.5. The minimum Gasteiger partial charge on any atom is -0.461 e. The van der Waals surface area contributed by atoms with Crippen molar-refractivity contribution in [3.63, 3.8) is 0 Å². The first kappa shape index (κ1) is 19.2. The highest BCUT2D eigenvalue weighted by molar-refractivity contribution is 6.23. The highest BCUT2D eigenvalue weighted by Crippen LogP contribution is 2.35. The molecule has 1 aliphatic carbocycles. The third-order valence-corrected chi connectivity index (χ3v) is 5.69. The van der Waals surface area contributed by atoms with E-state index in [1.165, 1.54) is 0 Å². The molecule has 0 radical (unpaired) electrons. The molecule has 1 saturated carbocycles. The largest absolute Gasteiger partial charge is 0.461 e. The van der Waals surface area contributed by atoms with Gasteiger partial charge in [-0.15, -0.1) is 6.42 Å². The number of terminal acetylenes is 1. The third-order valence-electron chi connectivity index (χ3n) is 5.69. The molecule has 3 rings (SSSR count). The van der Waals surface area contributed by atoms with Crippen molar-refractivity contribution >= 4 is 17.8 Å². The fraction of sp³-hybridized carbons (Fsp3) is 0.500. The summed E-state index contributed by atoms with van der Waals surface area (Å²) in [6, 6.07) is 4.81. The standard InChI is InChI=1S/C22H25NO4/c1-5-15-7-6-8-17-20(15)22(26)23(21(17)25)12-19(24)27-18-11-14(4)9-10-16(18)13(2)3/h1,6-8,13-14,16,18H,9-12H2,2-4H3/t14-,16+,18-/m1/s1. The van der Waals surface area contributed by atoms with Gasteiger partial charge >= 0.3 is 5.97 Å². The summed E-state index contributed by atoms with van der Waals surface area (Å²) < 4.78 is 5.72. The van der Waals surface area contributed by atoms with E-state index in [0.717, 1.165) is 24.2 Å². The minimum atomic E-state index is -0.545. The topological polar surface area (TPSA) is 63.7 Å². The molecule has 142 valence electrons. The molecule has 1 aliphatic heterocycles. The van der Waals surface area contributed by atoms with E-state index < -0.39 is 17.8 Å². The Labute approximate surface area is 160 Å². The van der Waals surface area contributed by atoms with Gasteiger partial charge < -0.3 is 4.74 Å². The van der Waals surface area contributed by atoms with Gasteiger partial charge in [-0.1, -0.05) is 39.2 Å². The Kier molecular flexibility index (Phi) is 5.36. The first-order valence-electron chi connectivity index (χ1n) is 9.48. The molecule has 0 bridgehead atoms. The second kappa shape index (κ2) is 7.56. The van der Waals surface area contributed by atoms with E-state index >= 15 is 0 Å². The van der Waals surface area contributed by atoms with Crippen molar-refractivity contribution in [2.75, 3.05) is 6.54 Å². The van der Waals surface area contributed by atoms with E-state index in [-0.39, 0.29) is 23.8 Å². The molecule has 1 fully saturated rings. The van der Waals surface area contributed by atoms with Crippen LogP contribution in [0.25, 0.3) is 0 Å². The number of hydrogen-bond acceptors (Lipinski definition) is 4. The second-order valence-electron chi connectivity index (χ2n) is 7.92. The number of imide groups is 1. The normalized spacial score (nSPS) is 24.7. The van der Waals surface area contributed by atoms with Crippen molar-refractivity contribution in [2.24, 2.45) is 17.8 Å². The molecule has 0 unspecified atom stereocenters. The summed E-state index contributed by atoms with van der Waals surface area (Å²) >= 11 is 0. The van der Waals surface area contributed by atoms with Gasteiger partial charge in [0.05, 0.1) is 11.1 Å². The SMILES string of the molecule is C#Cc1cccc2c1C(=O)N(CC(=O)O[C@@H]1C[C@H](C)CC[C@H]1C(C)C)C2=O. The van der Waals surface area contributed by atoms with Gasteiger partial charge in [0.2, 0.25) is 0 Å². The maximum absolute atomic E-state index is 12.6. The van der Waals surface area contributed by atoms with Crippen LogP contribution in [-0.2, 0) is 9.53 Å². The molecular weight excluding hydrogens is 342 g/mol. The quantitative estimate of drug-likeness (QED) is 0.465. The Balaban J connectivity index is 1.72. The summed E-state index contributed by atoms with van der Waals surface area (Å²) in [7, 11) is 0. The molecular formula is C22H25NO4. The van der Waals surface area contributed by atoms with E-state index in [0.29, 0.717) is 23.3 Å². The lowest BCUT2D eigenvalue weighted by Crippen LogP contribution is -2.40. The van der Waals surface area contributed by atoms with Crippen LogP contribution in [0.5, 0.6) is 0 Å². The molecule has 5 heteroatoms. The summed E-state index contributed by atoms with van der Waals surface area (Å²) in [6.45, 7) is 6.04. The van der Waals surface area contributed by atoms with Crippen LogP contribution in [0.15, 0.2) is 18.2 Å². The molecule has 1 aromatic rings. The number of ether oxygens (including phenoxy) is 1. The molecule has 0 aromatic heterocycles. The molecule has 2 amide bonds. The van der Waals surface area contributed by atoms with Crippen molar-refractivity contribution in [2.45, 2.75) is 46.1 Å². The van der Waals surface area contributed by atoms with Crippen LogP contribution in [0.1, 0.15) is 66.3 Å². The van der Waals surface area contributed by atoms with Crippen LogP contribution < -0.4 is 0 Å². The molecule has 27 heavy (non-hydrogen) atoms. The molecule has 1 heterocycles. The zero-order valence-corrected chi connectivity index (χ0v) is 16.0. The van der Waals surface area contributed by atoms with Crippen molar-refractivity contribution in [1.82, 2.24) is 4.90 Å². The molecule has 0 saturated heterocycles. The van der Waals surface area contributed by atoms with Crippen molar-refractivity contribution in [3.8, 4) is 12.3 Å². The van der Waals surface area contributed by atoms with Gasteiger partial charge in [0, 0.05) is 5.56 Å². The van der Waals surface area contributed by atoms with Gasteiger partial charge in [-0.2, -0.15) is 0 Å². The number of esters is 1. The number of carbonyl (C=O) groups is 3. The van der Waals surface area contributed by atoms with Crippen LogP contribution in [-0.4, -0.2) is 35.3 Å². The van der Waals surface area contributed by atoms with E-state index in [4.69, 9.17) is 11.2 Å². The zero-order chi connectivity index (χ0) is 19.7. The van der Waals surface area contributed by atoms with Gasteiger partial charge in [0.1, 0.15) is 12.6 Å². The van der Waals surface area contributed by atoms with E-state index in [1.54, 1.807) is 18.2 Å². The van der Waals surface area contributed by atoms with Crippen molar-refractivity contribution in [3.05, 3.63) is 34.9 Å². The average Bonchev–Trinajstić information content (AvgIpc) is 2.86. The molecule has 3 atom stereocenters. The molecule has 2 aliphatic rings. The fourth-order valence-corrected chi connectivity index (χ4v) is 4.18. The lowest BCUT2D eigenvalue weighted by Gasteiger charge is -2.36. The van der Waals surface area contributed by atoms with E-state index in [2.05, 4.69) is 26.7 Å². The first-order chi connectivity index (χ1) is 12.8. The summed E-state index contributed by atoms with van der Waals surface area (Å²) in [4.78, 5) is 38.7. The Morgan fingerprint density at radius 2 is 2.04 bits per heavy atom. The Morgan fingerprint density at radius 1 is 1.30 bits per heavy atom. The average molecular weight is 367 g/mol. The van der Waals surface area contributed by atoms with Crippen LogP contribution >= 0.6 is 0 Å². The van der Waals surface area contributed by atoms with E-state index in [9.17, 15) is 14.4 Å². The van der Waals surface area contributed by atoms with Gasteiger partial charge in [0.25, 0.3) is 11.8 Å². The van der Waals surface area contributed by atoms with Crippen LogP contribution in [0.4, 0.5) is 0 Å². The van der Waals surface area contributed by atoms with Crippen LogP contribution in [0.3, 0.4) is 0 Å². The fourth-order valence-electron chi connectivity index (χ4n) is 4.18. The number of amides is 2. The smallest absolute Gasteiger partial charge is 0.326 e. The maximum atomic E-state index is 12.6. The molecule has 1 aromatic carbocycles. The third kappa shape index (κ3) is 3.62. The molecule has 0 spiro atoms. The second-order valence-corrected chi connectivity index (χ2v) is 7.92. The summed E-state index contributed by atoms with van der Waals surface area (Å²) in [5.41, 5.74) is 0.807. The monoisotopic (exact) mass is 367 g/mol. The van der Waals surface area contributed by atoms with Gasteiger partial charge in [-0.25, -0.2) is 0 Å². The maximum Gasteiger partial charge on any atom is 0.326 e.